The second kappa shape index (κ2) is 7.47. The van der Waals surface area contributed by atoms with Crippen molar-refractivity contribution in [2.75, 3.05) is 26.2 Å². The second-order valence-corrected chi connectivity index (χ2v) is 6.31. The summed E-state index contributed by atoms with van der Waals surface area (Å²) in [6.07, 6.45) is 0.727. The van der Waals surface area contributed by atoms with Crippen molar-refractivity contribution in [2.24, 2.45) is 0 Å². The molecular weight excluding hydrogens is 319 g/mol. The molecule has 1 fully saturated rings. The molecule has 0 radical (unpaired) electrons. The lowest BCUT2D eigenvalue weighted by Gasteiger charge is -2.22. The molecule has 2 aromatic rings. The third-order valence-corrected chi connectivity index (χ3v) is 4.43. The molecule has 0 saturated carbocycles. The molecule has 0 bridgehead atoms. The number of hydrogen-bond donors (Lipinski definition) is 0. The highest BCUT2D eigenvalue weighted by molar-refractivity contribution is 5.95. The minimum atomic E-state index is -0.359. The van der Waals surface area contributed by atoms with Crippen LogP contribution in [0.25, 0.3) is 0 Å². The zero-order valence-corrected chi connectivity index (χ0v) is 14.2. The lowest BCUT2D eigenvalue weighted by molar-refractivity contribution is 0.0718. The molecule has 1 saturated heterocycles. The van der Waals surface area contributed by atoms with Crippen LogP contribution in [0.1, 0.15) is 32.7 Å². The van der Waals surface area contributed by atoms with Crippen LogP contribution in [0, 0.1) is 12.7 Å². The number of halogens is 1. The summed E-state index contributed by atoms with van der Waals surface area (Å²) in [7, 11) is 0. The van der Waals surface area contributed by atoms with Crippen LogP contribution < -0.4 is 0 Å². The SMILES string of the molecule is Cc1cccc(C(=O)N2CCCN(C(=O)c3ccc(F)cc3)CC2)c1. The molecule has 2 amide bonds. The number of carbonyl (C=O) groups is 2. The lowest BCUT2D eigenvalue weighted by atomic mass is 10.1. The average molecular weight is 340 g/mol. The van der Waals surface area contributed by atoms with E-state index in [1.54, 1.807) is 9.80 Å². The summed E-state index contributed by atoms with van der Waals surface area (Å²) in [6, 6.07) is 13.1. The Bertz CT molecular complexity index is 774. The van der Waals surface area contributed by atoms with Gasteiger partial charge in [-0.3, -0.25) is 9.59 Å². The van der Waals surface area contributed by atoms with Gasteiger partial charge in [-0.2, -0.15) is 0 Å². The summed E-state index contributed by atoms with van der Waals surface area (Å²) >= 11 is 0. The Kier molecular flexibility index (Phi) is 5.12. The van der Waals surface area contributed by atoms with Gasteiger partial charge in [0.15, 0.2) is 0 Å². The Morgan fingerprint density at radius 2 is 1.44 bits per heavy atom. The van der Waals surface area contributed by atoms with Crippen LogP contribution in [0.4, 0.5) is 4.39 Å². The Labute approximate surface area is 146 Å². The Hall–Kier alpha value is -2.69. The second-order valence-electron chi connectivity index (χ2n) is 6.31. The lowest BCUT2D eigenvalue weighted by Crippen LogP contribution is -2.37. The highest BCUT2D eigenvalue weighted by atomic mass is 19.1. The summed E-state index contributed by atoms with van der Waals surface area (Å²) in [5, 5.41) is 0. The standard InChI is InChI=1S/C20H21FN2O2/c1-15-4-2-5-17(14-15)20(25)23-11-3-10-22(12-13-23)19(24)16-6-8-18(21)9-7-16/h2,4-9,14H,3,10-13H2,1H3. The summed E-state index contributed by atoms with van der Waals surface area (Å²) in [6.45, 7) is 4.16. The molecular formula is C20H21FN2O2. The van der Waals surface area contributed by atoms with Crippen LogP contribution in [-0.4, -0.2) is 47.8 Å². The maximum absolute atomic E-state index is 13.0. The fourth-order valence-corrected chi connectivity index (χ4v) is 3.06. The average Bonchev–Trinajstić information content (AvgIpc) is 2.87. The van der Waals surface area contributed by atoms with Crippen molar-refractivity contribution in [3.8, 4) is 0 Å². The van der Waals surface area contributed by atoms with Crippen molar-refractivity contribution in [1.82, 2.24) is 9.80 Å². The van der Waals surface area contributed by atoms with Gasteiger partial charge in [-0.25, -0.2) is 4.39 Å². The molecule has 1 aliphatic heterocycles. The van der Waals surface area contributed by atoms with Gasteiger partial charge >= 0.3 is 0 Å². The molecule has 0 atom stereocenters. The molecule has 4 nitrogen and oxygen atoms in total. The van der Waals surface area contributed by atoms with E-state index in [4.69, 9.17) is 0 Å². The summed E-state index contributed by atoms with van der Waals surface area (Å²) in [4.78, 5) is 28.8. The van der Waals surface area contributed by atoms with Crippen LogP contribution in [0.15, 0.2) is 48.5 Å². The first-order valence-electron chi connectivity index (χ1n) is 8.45. The first-order valence-corrected chi connectivity index (χ1v) is 8.45. The maximum atomic E-state index is 13.0. The normalized spacial score (nSPS) is 15.0. The molecule has 25 heavy (non-hydrogen) atoms. The quantitative estimate of drug-likeness (QED) is 0.843. The molecule has 1 aliphatic rings. The number of hydrogen-bond acceptors (Lipinski definition) is 2. The number of carbonyl (C=O) groups excluding carboxylic acids is 2. The number of aryl methyl sites for hydroxylation is 1. The molecule has 0 aliphatic carbocycles. The van der Waals surface area contributed by atoms with Crippen LogP contribution in [-0.2, 0) is 0 Å². The molecule has 0 unspecified atom stereocenters. The molecule has 0 spiro atoms. The largest absolute Gasteiger partial charge is 0.337 e. The van der Waals surface area contributed by atoms with Crippen molar-refractivity contribution in [3.63, 3.8) is 0 Å². The van der Waals surface area contributed by atoms with Gasteiger partial charge in [0.05, 0.1) is 0 Å². The van der Waals surface area contributed by atoms with Crippen molar-refractivity contribution < 1.29 is 14.0 Å². The predicted molar refractivity (Wildman–Crippen MR) is 94.0 cm³/mol. The van der Waals surface area contributed by atoms with E-state index in [-0.39, 0.29) is 17.6 Å². The zero-order chi connectivity index (χ0) is 17.8. The Balaban J connectivity index is 1.67. The highest BCUT2D eigenvalue weighted by Crippen LogP contribution is 2.13. The molecule has 0 N–H and O–H groups in total. The van der Waals surface area contributed by atoms with Gasteiger partial charge in [-0.1, -0.05) is 17.7 Å². The van der Waals surface area contributed by atoms with E-state index in [0.29, 0.717) is 37.3 Å². The first-order chi connectivity index (χ1) is 12.0. The van der Waals surface area contributed by atoms with Crippen molar-refractivity contribution in [2.45, 2.75) is 13.3 Å². The van der Waals surface area contributed by atoms with E-state index < -0.39 is 0 Å². The fraction of sp³-hybridized carbons (Fsp3) is 0.300. The first kappa shape index (κ1) is 17.1. The zero-order valence-electron chi connectivity index (χ0n) is 14.2. The van der Waals surface area contributed by atoms with Crippen molar-refractivity contribution in [1.29, 1.82) is 0 Å². The molecule has 3 rings (SSSR count). The van der Waals surface area contributed by atoms with Crippen LogP contribution in [0.2, 0.25) is 0 Å². The predicted octanol–water partition coefficient (Wildman–Crippen LogP) is 3.12. The summed E-state index contributed by atoms with van der Waals surface area (Å²) < 4.78 is 13.0. The summed E-state index contributed by atoms with van der Waals surface area (Å²) in [5.41, 5.74) is 2.20. The van der Waals surface area contributed by atoms with Crippen LogP contribution >= 0.6 is 0 Å². The third-order valence-electron chi connectivity index (χ3n) is 4.43. The van der Waals surface area contributed by atoms with Gasteiger partial charge in [-0.15, -0.1) is 0 Å². The van der Waals surface area contributed by atoms with Crippen molar-refractivity contribution >= 4 is 11.8 Å². The van der Waals surface area contributed by atoms with Gasteiger partial charge in [0, 0.05) is 37.3 Å². The van der Waals surface area contributed by atoms with Gasteiger partial charge < -0.3 is 9.80 Å². The maximum Gasteiger partial charge on any atom is 0.253 e. The van der Waals surface area contributed by atoms with Crippen LogP contribution in [0.3, 0.4) is 0 Å². The minimum Gasteiger partial charge on any atom is -0.337 e. The molecule has 0 aromatic heterocycles. The fourth-order valence-electron chi connectivity index (χ4n) is 3.06. The topological polar surface area (TPSA) is 40.6 Å². The number of benzene rings is 2. The van der Waals surface area contributed by atoms with Crippen molar-refractivity contribution in [3.05, 3.63) is 71.0 Å². The van der Waals surface area contributed by atoms with Gasteiger partial charge in [0.1, 0.15) is 5.82 Å². The monoisotopic (exact) mass is 340 g/mol. The van der Waals surface area contributed by atoms with Gasteiger partial charge in [0.2, 0.25) is 0 Å². The summed E-state index contributed by atoms with van der Waals surface area (Å²) in [5.74, 6) is -0.480. The van der Waals surface area contributed by atoms with E-state index in [0.717, 1.165) is 12.0 Å². The van der Waals surface area contributed by atoms with Gasteiger partial charge in [0.25, 0.3) is 11.8 Å². The molecule has 5 heteroatoms. The number of nitrogens with zero attached hydrogens (tertiary/aromatic N) is 2. The number of amides is 2. The number of rotatable bonds is 2. The molecule has 2 aromatic carbocycles. The molecule has 1 heterocycles. The van der Waals surface area contributed by atoms with E-state index in [1.165, 1.54) is 24.3 Å². The van der Waals surface area contributed by atoms with E-state index in [1.807, 2.05) is 31.2 Å². The van der Waals surface area contributed by atoms with E-state index >= 15 is 0 Å². The Morgan fingerprint density at radius 3 is 2.04 bits per heavy atom. The molecule has 130 valence electrons. The van der Waals surface area contributed by atoms with E-state index in [9.17, 15) is 14.0 Å². The smallest absolute Gasteiger partial charge is 0.253 e. The third kappa shape index (κ3) is 4.05. The highest BCUT2D eigenvalue weighted by Gasteiger charge is 2.23. The van der Waals surface area contributed by atoms with Crippen LogP contribution in [0.5, 0.6) is 0 Å². The Morgan fingerprint density at radius 1 is 0.840 bits per heavy atom. The minimum absolute atomic E-state index is 0.000203. The van der Waals surface area contributed by atoms with E-state index in [2.05, 4.69) is 0 Å². The van der Waals surface area contributed by atoms with Gasteiger partial charge in [-0.05, 0) is 49.7 Å².